The molecule has 4 heteroatoms. The summed E-state index contributed by atoms with van der Waals surface area (Å²) in [4.78, 5) is 16.4. The predicted molar refractivity (Wildman–Crippen MR) is 71.7 cm³/mol. The number of piperazine rings is 1. The number of hydrogen-bond acceptors (Lipinski definition) is 4. The molecule has 2 heterocycles. The Bertz CT molecular complexity index is 298. The van der Waals surface area contributed by atoms with Crippen molar-refractivity contribution in [2.45, 2.75) is 32.2 Å². The molecule has 2 saturated heterocycles. The van der Waals surface area contributed by atoms with Crippen LogP contribution in [-0.2, 0) is 9.53 Å². The van der Waals surface area contributed by atoms with Crippen LogP contribution in [0.3, 0.4) is 0 Å². The molecule has 2 aliphatic rings. The van der Waals surface area contributed by atoms with E-state index in [1.807, 2.05) is 0 Å². The highest BCUT2D eigenvalue weighted by atomic mass is 16.5. The molecule has 0 aromatic carbocycles. The normalized spacial score (nSPS) is 29.1. The minimum atomic E-state index is -0.162. The van der Waals surface area contributed by atoms with Crippen LogP contribution in [0.5, 0.6) is 0 Å². The number of carbonyl (C=O) groups excluding carboxylic acids is 1. The fourth-order valence-corrected chi connectivity index (χ4v) is 3.01. The smallest absolute Gasteiger partial charge is 0.127 e. The number of ether oxygens (including phenoxy) is 1. The summed E-state index contributed by atoms with van der Waals surface area (Å²) in [6.07, 6.45) is 2.94. The molecule has 2 aliphatic heterocycles. The third-order valence-electron chi connectivity index (χ3n) is 4.67. The first-order valence-electron chi connectivity index (χ1n) is 6.95. The van der Waals surface area contributed by atoms with Gasteiger partial charge in [-0.15, -0.1) is 0 Å². The molecule has 0 radical (unpaired) electrons. The van der Waals surface area contributed by atoms with Crippen LogP contribution in [0.25, 0.3) is 0 Å². The summed E-state index contributed by atoms with van der Waals surface area (Å²) >= 11 is 0. The molecule has 0 bridgehead atoms. The van der Waals surface area contributed by atoms with E-state index in [1.165, 1.54) is 6.29 Å². The van der Waals surface area contributed by atoms with E-state index in [2.05, 4.69) is 30.7 Å². The van der Waals surface area contributed by atoms with E-state index in [4.69, 9.17) is 4.74 Å². The predicted octanol–water partition coefficient (Wildman–Crippen LogP) is 1.01. The number of aldehydes is 1. The van der Waals surface area contributed by atoms with Gasteiger partial charge in [-0.3, -0.25) is 9.80 Å². The highest BCUT2D eigenvalue weighted by molar-refractivity contribution is 5.60. The first-order chi connectivity index (χ1) is 8.47. The molecule has 0 aromatic rings. The van der Waals surface area contributed by atoms with Gasteiger partial charge < -0.3 is 9.53 Å². The van der Waals surface area contributed by atoms with Crippen LogP contribution in [0.2, 0.25) is 0 Å². The fourth-order valence-electron chi connectivity index (χ4n) is 3.01. The number of nitrogens with zero attached hydrogens (tertiary/aromatic N) is 2. The molecule has 18 heavy (non-hydrogen) atoms. The Morgan fingerprint density at radius 1 is 1.22 bits per heavy atom. The van der Waals surface area contributed by atoms with Gasteiger partial charge in [0.15, 0.2) is 0 Å². The second-order valence-corrected chi connectivity index (χ2v) is 6.54. The summed E-state index contributed by atoms with van der Waals surface area (Å²) in [5.74, 6) is 0. The van der Waals surface area contributed by atoms with E-state index < -0.39 is 0 Å². The highest BCUT2D eigenvalue weighted by Crippen LogP contribution is 2.31. The zero-order valence-electron chi connectivity index (χ0n) is 11.9. The van der Waals surface area contributed by atoms with Crippen LogP contribution < -0.4 is 0 Å². The lowest BCUT2D eigenvalue weighted by Crippen LogP contribution is -2.59. The van der Waals surface area contributed by atoms with Gasteiger partial charge in [0.25, 0.3) is 0 Å². The minimum Gasteiger partial charge on any atom is -0.381 e. The third-order valence-corrected chi connectivity index (χ3v) is 4.67. The first-order valence-corrected chi connectivity index (χ1v) is 6.95. The Hall–Kier alpha value is -0.450. The van der Waals surface area contributed by atoms with Gasteiger partial charge in [-0.25, -0.2) is 0 Å². The maximum Gasteiger partial charge on any atom is 0.127 e. The molecule has 0 saturated carbocycles. The van der Waals surface area contributed by atoms with Crippen molar-refractivity contribution < 1.29 is 9.53 Å². The van der Waals surface area contributed by atoms with Crippen LogP contribution in [-0.4, -0.2) is 68.1 Å². The summed E-state index contributed by atoms with van der Waals surface area (Å²) in [7, 11) is 2.18. The van der Waals surface area contributed by atoms with Crippen molar-refractivity contribution in [3.05, 3.63) is 0 Å². The largest absolute Gasteiger partial charge is 0.381 e. The van der Waals surface area contributed by atoms with Gasteiger partial charge in [0.05, 0.1) is 0 Å². The van der Waals surface area contributed by atoms with Gasteiger partial charge in [-0.05, 0) is 33.7 Å². The van der Waals surface area contributed by atoms with Crippen molar-refractivity contribution in [2.75, 3.05) is 46.4 Å². The molecule has 104 valence electrons. The Labute approximate surface area is 110 Å². The lowest BCUT2D eigenvalue weighted by Gasteiger charge is -2.48. The summed E-state index contributed by atoms with van der Waals surface area (Å²) < 4.78 is 5.39. The molecule has 0 unspecified atom stereocenters. The molecule has 0 atom stereocenters. The van der Waals surface area contributed by atoms with E-state index in [0.717, 1.165) is 52.2 Å². The molecule has 2 rings (SSSR count). The molecule has 0 aliphatic carbocycles. The van der Waals surface area contributed by atoms with Crippen molar-refractivity contribution in [2.24, 2.45) is 5.41 Å². The van der Waals surface area contributed by atoms with Crippen LogP contribution in [0.15, 0.2) is 0 Å². The quantitative estimate of drug-likeness (QED) is 0.704. The zero-order valence-corrected chi connectivity index (χ0v) is 11.9. The summed E-state index contributed by atoms with van der Waals surface area (Å²) in [6.45, 7) is 10.1. The maximum atomic E-state index is 11.5. The number of rotatable bonds is 3. The fraction of sp³-hybridized carbons (Fsp3) is 0.929. The average molecular weight is 254 g/mol. The van der Waals surface area contributed by atoms with E-state index >= 15 is 0 Å². The van der Waals surface area contributed by atoms with Gasteiger partial charge >= 0.3 is 0 Å². The highest BCUT2D eigenvalue weighted by Gasteiger charge is 2.38. The first kappa shape index (κ1) is 14.0. The van der Waals surface area contributed by atoms with Crippen molar-refractivity contribution in [3.63, 3.8) is 0 Å². The van der Waals surface area contributed by atoms with Gasteiger partial charge in [0, 0.05) is 50.3 Å². The average Bonchev–Trinajstić information content (AvgIpc) is 2.35. The molecule has 0 spiro atoms. The third kappa shape index (κ3) is 2.92. The van der Waals surface area contributed by atoms with Gasteiger partial charge in [-0.1, -0.05) is 0 Å². The lowest BCUT2D eigenvalue weighted by molar-refractivity contribution is -0.124. The minimum absolute atomic E-state index is 0.162. The van der Waals surface area contributed by atoms with E-state index in [9.17, 15) is 4.79 Å². The van der Waals surface area contributed by atoms with Crippen molar-refractivity contribution in [1.29, 1.82) is 0 Å². The standard InChI is InChI=1S/C14H26N2O2/c1-13(2)10-16(7-6-15(13)3)11-14(12-17)4-8-18-9-5-14/h12H,4-11H2,1-3H3. The Kier molecular flexibility index (Phi) is 4.09. The van der Waals surface area contributed by atoms with Crippen LogP contribution in [0.1, 0.15) is 26.7 Å². The molecule has 0 N–H and O–H groups in total. The SMILES string of the molecule is CN1CCN(CC2(C=O)CCOCC2)CC1(C)C. The molecule has 2 fully saturated rings. The molecule has 0 amide bonds. The van der Waals surface area contributed by atoms with Gasteiger partial charge in [-0.2, -0.15) is 0 Å². The number of hydrogen-bond donors (Lipinski definition) is 0. The van der Waals surface area contributed by atoms with Crippen LogP contribution >= 0.6 is 0 Å². The number of carbonyl (C=O) groups is 1. The summed E-state index contributed by atoms with van der Waals surface area (Å²) in [5.41, 5.74) is 0.0394. The molecule has 4 nitrogen and oxygen atoms in total. The van der Waals surface area contributed by atoms with E-state index in [-0.39, 0.29) is 11.0 Å². The second kappa shape index (κ2) is 5.27. The number of likely N-dealkylation sites (N-methyl/N-ethyl adjacent to an activating group) is 1. The Morgan fingerprint density at radius 3 is 2.44 bits per heavy atom. The van der Waals surface area contributed by atoms with E-state index in [1.54, 1.807) is 0 Å². The lowest BCUT2D eigenvalue weighted by atomic mass is 9.80. The monoisotopic (exact) mass is 254 g/mol. The Morgan fingerprint density at radius 2 is 1.89 bits per heavy atom. The van der Waals surface area contributed by atoms with Crippen molar-refractivity contribution >= 4 is 6.29 Å². The van der Waals surface area contributed by atoms with Crippen LogP contribution in [0, 0.1) is 5.41 Å². The van der Waals surface area contributed by atoms with Crippen LogP contribution in [0.4, 0.5) is 0 Å². The summed E-state index contributed by atoms with van der Waals surface area (Å²) in [6, 6.07) is 0. The van der Waals surface area contributed by atoms with Crippen molar-refractivity contribution in [1.82, 2.24) is 9.80 Å². The molecule has 0 aromatic heterocycles. The van der Waals surface area contributed by atoms with Crippen molar-refractivity contribution in [3.8, 4) is 0 Å². The van der Waals surface area contributed by atoms with Gasteiger partial charge in [0.1, 0.15) is 6.29 Å². The second-order valence-electron chi connectivity index (χ2n) is 6.54. The summed E-state index contributed by atoms with van der Waals surface area (Å²) in [5, 5.41) is 0. The maximum absolute atomic E-state index is 11.5. The Balaban J connectivity index is 1.98. The molecular formula is C14H26N2O2. The topological polar surface area (TPSA) is 32.8 Å². The van der Waals surface area contributed by atoms with Gasteiger partial charge in [0.2, 0.25) is 0 Å². The molecular weight excluding hydrogens is 228 g/mol. The van der Waals surface area contributed by atoms with E-state index in [0.29, 0.717) is 0 Å². The zero-order chi connectivity index (χ0) is 13.2.